The Hall–Kier alpha value is -2.00. The maximum Gasteiger partial charge on any atom is 0.338 e. The van der Waals surface area contributed by atoms with Crippen LogP contribution in [-0.4, -0.2) is 43.5 Å². The van der Waals surface area contributed by atoms with E-state index in [0.717, 1.165) is 10.0 Å². The van der Waals surface area contributed by atoms with Crippen molar-refractivity contribution < 1.29 is 22.7 Å². The SMILES string of the molecule is O=C(O[C@H]1[C@H](Cc2ccccc2)NS(=O)(=O)[C@H]2C[C@@H]3C=C[C@]12O3)c1ccc(Br)cc1. The van der Waals surface area contributed by atoms with Crippen molar-refractivity contribution in [2.45, 2.75) is 41.9 Å². The van der Waals surface area contributed by atoms with Crippen LogP contribution in [0.25, 0.3) is 0 Å². The number of carbonyl (C=O) groups is 1. The van der Waals surface area contributed by atoms with Gasteiger partial charge in [-0.3, -0.25) is 0 Å². The summed E-state index contributed by atoms with van der Waals surface area (Å²) in [4.78, 5) is 12.9. The highest BCUT2D eigenvalue weighted by atomic mass is 79.9. The van der Waals surface area contributed by atoms with E-state index in [4.69, 9.17) is 9.47 Å². The summed E-state index contributed by atoms with van der Waals surface area (Å²) in [5.41, 5.74) is 0.176. The van der Waals surface area contributed by atoms with Crippen molar-refractivity contribution in [3.8, 4) is 0 Å². The number of hydrogen-bond donors (Lipinski definition) is 1. The van der Waals surface area contributed by atoms with Gasteiger partial charge >= 0.3 is 5.97 Å². The molecular weight excluding hydrogens is 470 g/mol. The van der Waals surface area contributed by atoms with Crippen molar-refractivity contribution in [1.82, 2.24) is 4.72 Å². The van der Waals surface area contributed by atoms with Gasteiger partial charge in [0.2, 0.25) is 10.0 Å². The predicted molar refractivity (Wildman–Crippen MR) is 114 cm³/mol. The monoisotopic (exact) mass is 489 g/mol. The molecule has 2 aromatic carbocycles. The minimum absolute atomic E-state index is 0.282. The summed E-state index contributed by atoms with van der Waals surface area (Å²) in [6, 6.07) is 15.8. The number of hydrogen-bond acceptors (Lipinski definition) is 5. The summed E-state index contributed by atoms with van der Waals surface area (Å²) in [6.07, 6.45) is 3.33. The number of esters is 1. The highest BCUT2D eigenvalue weighted by Crippen LogP contribution is 2.48. The highest BCUT2D eigenvalue weighted by molar-refractivity contribution is 9.10. The molecule has 5 rings (SSSR count). The van der Waals surface area contributed by atoms with Gasteiger partial charge in [0.1, 0.15) is 10.9 Å². The fourth-order valence-electron chi connectivity index (χ4n) is 4.65. The zero-order valence-electron chi connectivity index (χ0n) is 15.9. The Morgan fingerprint density at radius 1 is 1.17 bits per heavy atom. The molecule has 1 spiro atoms. The average Bonchev–Trinajstić information content (AvgIpc) is 3.32. The van der Waals surface area contributed by atoms with E-state index < -0.39 is 39.0 Å². The van der Waals surface area contributed by atoms with Crippen molar-refractivity contribution in [3.63, 3.8) is 0 Å². The second-order valence-electron chi connectivity index (χ2n) is 7.89. The van der Waals surface area contributed by atoms with Gasteiger partial charge in [0, 0.05) is 4.47 Å². The summed E-state index contributed by atoms with van der Waals surface area (Å²) in [6.45, 7) is 0. The molecule has 2 saturated heterocycles. The summed E-state index contributed by atoms with van der Waals surface area (Å²) < 4.78 is 41.8. The topological polar surface area (TPSA) is 81.7 Å². The Balaban J connectivity index is 1.52. The molecule has 2 bridgehead atoms. The van der Waals surface area contributed by atoms with E-state index in [0.29, 0.717) is 18.4 Å². The second-order valence-corrected chi connectivity index (χ2v) is 10.7. The Labute approximate surface area is 183 Å². The largest absolute Gasteiger partial charge is 0.454 e. The van der Waals surface area contributed by atoms with Crippen molar-refractivity contribution in [3.05, 3.63) is 82.3 Å². The van der Waals surface area contributed by atoms with Gasteiger partial charge in [-0.15, -0.1) is 0 Å². The lowest BCUT2D eigenvalue weighted by Crippen LogP contribution is -2.68. The van der Waals surface area contributed by atoms with Crippen molar-refractivity contribution in [2.75, 3.05) is 0 Å². The van der Waals surface area contributed by atoms with Crippen LogP contribution in [-0.2, 0) is 25.9 Å². The number of carbonyl (C=O) groups excluding carboxylic acids is 1. The third kappa shape index (κ3) is 3.32. The molecule has 3 aliphatic rings. The summed E-state index contributed by atoms with van der Waals surface area (Å²) >= 11 is 3.36. The summed E-state index contributed by atoms with van der Waals surface area (Å²) in [5.74, 6) is -0.507. The fraction of sp³-hybridized carbons (Fsp3) is 0.318. The van der Waals surface area contributed by atoms with Crippen LogP contribution in [0, 0.1) is 0 Å². The number of nitrogens with one attached hydrogen (secondary N) is 1. The lowest BCUT2D eigenvalue weighted by Gasteiger charge is -2.45. The quantitative estimate of drug-likeness (QED) is 0.527. The molecule has 30 heavy (non-hydrogen) atoms. The Morgan fingerprint density at radius 3 is 2.60 bits per heavy atom. The van der Waals surface area contributed by atoms with Crippen LogP contribution in [0.5, 0.6) is 0 Å². The highest BCUT2D eigenvalue weighted by Gasteiger charge is 2.66. The normalized spacial score (nSPS) is 33.2. The van der Waals surface area contributed by atoms with Crippen molar-refractivity contribution in [1.29, 1.82) is 0 Å². The molecule has 0 aromatic heterocycles. The van der Waals surface area contributed by atoms with E-state index >= 15 is 0 Å². The molecule has 2 fully saturated rings. The minimum Gasteiger partial charge on any atom is -0.454 e. The minimum atomic E-state index is -3.63. The predicted octanol–water partition coefficient (Wildman–Crippen LogP) is 2.98. The first-order chi connectivity index (χ1) is 14.4. The van der Waals surface area contributed by atoms with E-state index in [1.165, 1.54) is 0 Å². The Kier molecular flexibility index (Phi) is 4.85. The molecule has 8 heteroatoms. The van der Waals surface area contributed by atoms with Gasteiger partial charge in [0.15, 0.2) is 6.10 Å². The standard InChI is InChI=1S/C22H20BrNO5S/c23-16-8-6-15(7-9-16)21(25)28-20-18(12-14-4-2-1-3-5-14)24-30(26,27)19-13-17-10-11-22(19,20)29-17/h1-11,17-20,24H,12-13H2/t17-,18-,19-,20-,22+/m0/s1. The van der Waals surface area contributed by atoms with Gasteiger partial charge in [-0.25, -0.2) is 17.9 Å². The van der Waals surface area contributed by atoms with Crippen LogP contribution in [0.3, 0.4) is 0 Å². The summed E-state index contributed by atoms with van der Waals surface area (Å²) in [5, 5.41) is -0.783. The number of rotatable bonds is 4. The van der Waals surface area contributed by atoms with E-state index in [1.54, 1.807) is 30.3 Å². The molecule has 0 saturated carbocycles. The molecule has 3 aliphatic heterocycles. The van der Waals surface area contributed by atoms with Crippen LogP contribution in [0.4, 0.5) is 0 Å². The molecular formula is C22H20BrNO5S. The molecule has 0 unspecified atom stereocenters. The molecule has 2 aromatic rings. The average molecular weight is 490 g/mol. The van der Waals surface area contributed by atoms with Gasteiger partial charge in [-0.1, -0.05) is 52.3 Å². The lowest BCUT2D eigenvalue weighted by molar-refractivity contribution is -0.0867. The molecule has 3 heterocycles. The summed E-state index contributed by atoms with van der Waals surface area (Å²) in [7, 11) is -3.63. The second kappa shape index (κ2) is 7.30. The Morgan fingerprint density at radius 2 is 1.90 bits per heavy atom. The number of halogens is 1. The van der Waals surface area contributed by atoms with Crippen LogP contribution in [0.1, 0.15) is 22.3 Å². The molecule has 0 radical (unpaired) electrons. The van der Waals surface area contributed by atoms with Gasteiger partial charge in [-0.05, 0) is 48.7 Å². The van der Waals surface area contributed by atoms with Crippen molar-refractivity contribution >= 4 is 31.9 Å². The van der Waals surface area contributed by atoms with Gasteiger partial charge in [-0.2, -0.15) is 0 Å². The van der Waals surface area contributed by atoms with Crippen LogP contribution >= 0.6 is 15.9 Å². The first kappa shape index (κ1) is 19.9. The number of sulfonamides is 1. The Bertz CT molecular complexity index is 1100. The number of benzene rings is 2. The molecule has 6 nitrogen and oxygen atoms in total. The van der Waals surface area contributed by atoms with E-state index in [9.17, 15) is 13.2 Å². The molecule has 5 atom stereocenters. The maximum absolute atomic E-state index is 13.0. The molecule has 156 valence electrons. The van der Waals surface area contributed by atoms with E-state index in [-0.39, 0.29) is 6.10 Å². The zero-order chi connectivity index (χ0) is 20.9. The van der Waals surface area contributed by atoms with Crippen LogP contribution in [0.2, 0.25) is 0 Å². The first-order valence-corrected chi connectivity index (χ1v) is 12.1. The fourth-order valence-corrected chi connectivity index (χ4v) is 6.90. The number of ether oxygens (including phenoxy) is 2. The molecule has 0 amide bonds. The van der Waals surface area contributed by atoms with E-state index in [2.05, 4.69) is 20.7 Å². The smallest absolute Gasteiger partial charge is 0.338 e. The van der Waals surface area contributed by atoms with E-state index in [1.807, 2.05) is 36.4 Å². The molecule has 1 N–H and O–H groups in total. The third-order valence-corrected chi connectivity index (χ3v) is 8.46. The van der Waals surface area contributed by atoms with Crippen LogP contribution in [0.15, 0.2) is 71.2 Å². The maximum atomic E-state index is 13.0. The zero-order valence-corrected chi connectivity index (χ0v) is 18.3. The molecule has 0 aliphatic carbocycles. The van der Waals surface area contributed by atoms with Gasteiger partial charge in [0.25, 0.3) is 0 Å². The van der Waals surface area contributed by atoms with Gasteiger partial charge < -0.3 is 9.47 Å². The van der Waals surface area contributed by atoms with Crippen LogP contribution < -0.4 is 4.72 Å². The van der Waals surface area contributed by atoms with Gasteiger partial charge in [0.05, 0.1) is 17.7 Å². The first-order valence-electron chi connectivity index (χ1n) is 9.76. The third-order valence-electron chi connectivity index (χ3n) is 5.99. The van der Waals surface area contributed by atoms with Crippen molar-refractivity contribution in [2.24, 2.45) is 0 Å². The lowest BCUT2D eigenvalue weighted by atomic mass is 9.83. The number of fused-ring (bicyclic) bond motifs is 1.